The SMILES string of the molecule is Cc1cc(C(N)C(N)=O)ccc1Br. The highest BCUT2D eigenvalue weighted by atomic mass is 79.9. The van der Waals surface area contributed by atoms with E-state index in [2.05, 4.69) is 15.9 Å². The van der Waals surface area contributed by atoms with Gasteiger partial charge in [-0.1, -0.05) is 28.1 Å². The van der Waals surface area contributed by atoms with Crippen molar-refractivity contribution in [1.82, 2.24) is 0 Å². The summed E-state index contributed by atoms with van der Waals surface area (Å²) in [5, 5.41) is 0. The summed E-state index contributed by atoms with van der Waals surface area (Å²) in [5.41, 5.74) is 12.4. The Balaban J connectivity index is 3.03. The van der Waals surface area contributed by atoms with Gasteiger partial charge in [-0.05, 0) is 24.1 Å². The van der Waals surface area contributed by atoms with E-state index in [4.69, 9.17) is 11.5 Å². The van der Waals surface area contributed by atoms with Crippen molar-refractivity contribution in [3.8, 4) is 0 Å². The average Bonchev–Trinajstić information content (AvgIpc) is 2.08. The van der Waals surface area contributed by atoms with Crippen LogP contribution in [0.15, 0.2) is 22.7 Å². The topological polar surface area (TPSA) is 69.1 Å². The highest BCUT2D eigenvalue weighted by Gasteiger charge is 2.12. The van der Waals surface area contributed by atoms with Crippen LogP contribution in [0.25, 0.3) is 0 Å². The first-order valence-corrected chi connectivity index (χ1v) is 4.62. The molecule has 0 fully saturated rings. The van der Waals surface area contributed by atoms with Gasteiger partial charge in [0.1, 0.15) is 6.04 Å². The van der Waals surface area contributed by atoms with Crippen molar-refractivity contribution in [3.05, 3.63) is 33.8 Å². The largest absolute Gasteiger partial charge is 0.368 e. The molecule has 3 nitrogen and oxygen atoms in total. The molecule has 0 bridgehead atoms. The zero-order valence-corrected chi connectivity index (χ0v) is 8.84. The smallest absolute Gasteiger partial charge is 0.238 e. The lowest BCUT2D eigenvalue weighted by molar-refractivity contribution is -0.119. The number of rotatable bonds is 2. The number of carbonyl (C=O) groups is 1. The number of aryl methyl sites for hydroxylation is 1. The lowest BCUT2D eigenvalue weighted by atomic mass is 10.1. The van der Waals surface area contributed by atoms with Crippen molar-refractivity contribution in [1.29, 1.82) is 0 Å². The lowest BCUT2D eigenvalue weighted by Gasteiger charge is -2.08. The minimum atomic E-state index is -0.716. The first-order chi connectivity index (χ1) is 6.02. The molecular formula is C9H11BrN2O. The third-order valence-corrected chi connectivity index (χ3v) is 2.74. The molecule has 0 heterocycles. The third kappa shape index (κ3) is 2.29. The van der Waals surface area contributed by atoms with Crippen LogP contribution in [-0.2, 0) is 4.79 Å². The minimum absolute atomic E-state index is 0.512. The summed E-state index contributed by atoms with van der Waals surface area (Å²) in [6.07, 6.45) is 0. The Hall–Kier alpha value is -0.870. The number of benzene rings is 1. The van der Waals surface area contributed by atoms with Crippen LogP contribution < -0.4 is 11.5 Å². The van der Waals surface area contributed by atoms with Crippen LogP contribution in [0.4, 0.5) is 0 Å². The fourth-order valence-corrected chi connectivity index (χ4v) is 1.27. The Bertz CT molecular complexity index is 338. The van der Waals surface area contributed by atoms with Crippen molar-refractivity contribution >= 4 is 21.8 Å². The van der Waals surface area contributed by atoms with Gasteiger partial charge in [-0.25, -0.2) is 0 Å². The first kappa shape index (κ1) is 10.2. The van der Waals surface area contributed by atoms with Gasteiger partial charge in [0.15, 0.2) is 0 Å². The van der Waals surface area contributed by atoms with Gasteiger partial charge < -0.3 is 11.5 Å². The van der Waals surface area contributed by atoms with Gasteiger partial charge in [0, 0.05) is 4.47 Å². The van der Waals surface area contributed by atoms with Crippen LogP contribution in [0, 0.1) is 6.92 Å². The number of carbonyl (C=O) groups excluding carboxylic acids is 1. The molecule has 0 radical (unpaired) electrons. The fourth-order valence-electron chi connectivity index (χ4n) is 1.03. The highest BCUT2D eigenvalue weighted by Crippen LogP contribution is 2.19. The number of amides is 1. The van der Waals surface area contributed by atoms with E-state index in [-0.39, 0.29) is 0 Å². The molecule has 0 aromatic heterocycles. The minimum Gasteiger partial charge on any atom is -0.368 e. The molecule has 0 aliphatic heterocycles. The molecule has 1 aromatic rings. The van der Waals surface area contributed by atoms with E-state index in [0.717, 1.165) is 15.6 Å². The van der Waals surface area contributed by atoms with Crippen LogP contribution in [0.1, 0.15) is 17.2 Å². The van der Waals surface area contributed by atoms with Gasteiger partial charge in [-0.2, -0.15) is 0 Å². The Kier molecular flexibility index (Phi) is 3.06. The molecule has 0 aliphatic carbocycles. The number of hydrogen-bond donors (Lipinski definition) is 2. The molecule has 0 saturated heterocycles. The summed E-state index contributed by atoms with van der Waals surface area (Å²) in [6, 6.07) is 4.77. The molecule has 1 unspecified atom stereocenters. The maximum atomic E-state index is 10.8. The molecule has 1 atom stereocenters. The Labute approximate surface area is 85.2 Å². The van der Waals surface area contributed by atoms with Crippen molar-refractivity contribution in [2.24, 2.45) is 11.5 Å². The van der Waals surface area contributed by atoms with E-state index < -0.39 is 11.9 Å². The summed E-state index contributed by atoms with van der Waals surface area (Å²) in [7, 11) is 0. The Morgan fingerprint density at radius 1 is 1.54 bits per heavy atom. The van der Waals surface area contributed by atoms with E-state index in [9.17, 15) is 4.79 Å². The molecule has 4 heteroatoms. The molecule has 1 rings (SSSR count). The number of hydrogen-bond acceptors (Lipinski definition) is 2. The Morgan fingerprint density at radius 2 is 2.15 bits per heavy atom. The number of nitrogens with two attached hydrogens (primary N) is 2. The zero-order valence-electron chi connectivity index (χ0n) is 7.25. The number of halogens is 1. The van der Waals surface area contributed by atoms with Crippen LogP contribution in [0.3, 0.4) is 0 Å². The summed E-state index contributed by atoms with van der Waals surface area (Å²) in [5.74, 6) is -0.512. The van der Waals surface area contributed by atoms with Crippen molar-refractivity contribution in [2.75, 3.05) is 0 Å². The van der Waals surface area contributed by atoms with Crippen LogP contribution in [0.5, 0.6) is 0 Å². The third-order valence-electron chi connectivity index (χ3n) is 1.85. The fraction of sp³-hybridized carbons (Fsp3) is 0.222. The van der Waals surface area contributed by atoms with Gasteiger partial charge in [0.05, 0.1) is 0 Å². The van der Waals surface area contributed by atoms with E-state index in [1.807, 2.05) is 19.1 Å². The predicted octanol–water partition coefficient (Wildman–Crippen LogP) is 1.24. The molecule has 0 aliphatic rings. The molecule has 4 N–H and O–H groups in total. The zero-order chi connectivity index (χ0) is 10.0. The summed E-state index contributed by atoms with van der Waals surface area (Å²) in [4.78, 5) is 10.8. The standard InChI is InChI=1S/C9H11BrN2O/c1-5-4-6(2-3-7(5)10)8(11)9(12)13/h2-4,8H,11H2,1H3,(H2,12,13). The second kappa shape index (κ2) is 3.89. The highest BCUT2D eigenvalue weighted by molar-refractivity contribution is 9.10. The lowest BCUT2D eigenvalue weighted by Crippen LogP contribution is -2.28. The van der Waals surface area contributed by atoms with Crippen LogP contribution >= 0.6 is 15.9 Å². The first-order valence-electron chi connectivity index (χ1n) is 3.83. The van der Waals surface area contributed by atoms with Gasteiger partial charge in [-0.3, -0.25) is 4.79 Å². The summed E-state index contributed by atoms with van der Waals surface area (Å²) in [6.45, 7) is 1.93. The van der Waals surface area contributed by atoms with Crippen molar-refractivity contribution < 1.29 is 4.79 Å². The van der Waals surface area contributed by atoms with Gasteiger partial charge >= 0.3 is 0 Å². The van der Waals surface area contributed by atoms with E-state index in [0.29, 0.717) is 0 Å². The van der Waals surface area contributed by atoms with E-state index in [1.54, 1.807) is 6.07 Å². The molecule has 1 amide bonds. The van der Waals surface area contributed by atoms with E-state index >= 15 is 0 Å². The second-order valence-corrected chi connectivity index (χ2v) is 3.74. The molecular weight excluding hydrogens is 232 g/mol. The van der Waals surface area contributed by atoms with Crippen LogP contribution in [0.2, 0.25) is 0 Å². The van der Waals surface area contributed by atoms with Crippen molar-refractivity contribution in [3.63, 3.8) is 0 Å². The van der Waals surface area contributed by atoms with Gasteiger partial charge in [-0.15, -0.1) is 0 Å². The van der Waals surface area contributed by atoms with Gasteiger partial charge in [0.25, 0.3) is 0 Å². The maximum absolute atomic E-state index is 10.8. The van der Waals surface area contributed by atoms with Gasteiger partial charge in [0.2, 0.25) is 5.91 Å². The Morgan fingerprint density at radius 3 is 2.62 bits per heavy atom. The number of primary amides is 1. The molecule has 0 spiro atoms. The molecule has 0 saturated carbocycles. The predicted molar refractivity (Wildman–Crippen MR) is 55.0 cm³/mol. The quantitative estimate of drug-likeness (QED) is 0.820. The molecule has 1 aromatic carbocycles. The van der Waals surface area contributed by atoms with Crippen LogP contribution in [-0.4, -0.2) is 5.91 Å². The molecule has 70 valence electrons. The molecule has 13 heavy (non-hydrogen) atoms. The monoisotopic (exact) mass is 242 g/mol. The summed E-state index contributed by atoms with van der Waals surface area (Å²) < 4.78 is 0.993. The van der Waals surface area contributed by atoms with Crippen molar-refractivity contribution in [2.45, 2.75) is 13.0 Å². The van der Waals surface area contributed by atoms with E-state index in [1.165, 1.54) is 0 Å². The normalized spacial score (nSPS) is 12.5. The average molecular weight is 243 g/mol. The second-order valence-electron chi connectivity index (χ2n) is 2.89. The maximum Gasteiger partial charge on any atom is 0.238 e. The summed E-state index contributed by atoms with van der Waals surface area (Å²) >= 11 is 3.36.